The van der Waals surface area contributed by atoms with Crippen molar-refractivity contribution in [1.29, 1.82) is 0 Å². The molecule has 0 bridgehead atoms. The van der Waals surface area contributed by atoms with E-state index in [0.29, 0.717) is 5.89 Å². The summed E-state index contributed by atoms with van der Waals surface area (Å²) in [7, 11) is 0. The van der Waals surface area contributed by atoms with E-state index in [2.05, 4.69) is 34.6 Å². The highest BCUT2D eigenvalue weighted by molar-refractivity contribution is 5.61. The number of rotatable bonds is 4. The monoisotopic (exact) mass is 264 g/mol. The molecule has 100 valence electrons. The molecule has 1 aromatic heterocycles. The smallest absolute Gasteiger partial charge is 0.191 e. The lowest BCUT2D eigenvalue weighted by Gasteiger charge is -2.07. The minimum Gasteiger partial charge on any atom is -0.449 e. The van der Waals surface area contributed by atoms with Crippen molar-refractivity contribution in [1.82, 2.24) is 4.98 Å². The van der Waals surface area contributed by atoms with Gasteiger partial charge in [0.15, 0.2) is 5.89 Å². The van der Waals surface area contributed by atoms with Gasteiger partial charge in [-0.1, -0.05) is 42.5 Å². The molecule has 1 heterocycles. The normalized spacial score (nSPS) is 10.4. The summed E-state index contributed by atoms with van der Waals surface area (Å²) >= 11 is 0. The molecule has 0 fully saturated rings. The van der Waals surface area contributed by atoms with Gasteiger partial charge in [-0.05, 0) is 17.7 Å². The molecule has 3 aromatic rings. The van der Waals surface area contributed by atoms with Gasteiger partial charge in [-0.25, -0.2) is 4.98 Å². The van der Waals surface area contributed by atoms with Gasteiger partial charge in [-0.15, -0.1) is 0 Å². The number of benzene rings is 2. The molecule has 0 spiro atoms. The van der Waals surface area contributed by atoms with Crippen molar-refractivity contribution in [2.24, 2.45) is 0 Å². The van der Waals surface area contributed by atoms with Crippen LogP contribution in [0.25, 0.3) is 11.3 Å². The predicted octanol–water partition coefficient (Wildman–Crippen LogP) is 4.26. The standard InChI is InChI=1S/C17H16N2O/c1-13-19-17(12-20-13)15-7-9-16(10-8-15)18-11-14-5-3-2-4-6-14/h2-10,12,18H,11H2,1H3. The van der Waals surface area contributed by atoms with Gasteiger partial charge in [0.1, 0.15) is 12.0 Å². The average molecular weight is 264 g/mol. The summed E-state index contributed by atoms with van der Waals surface area (Å²) in [6, 6.07) is 18.6. The molecule has 0 aliphatic heterocycles. The van der Waals surface area contributed by atoms with E-state index in [9.17, 15) is 0 Å². The fourth-order valence-corrected chi connectivity index (χ4v) is 2.05. The van der Waals surface area contributed by atoms with E-state index >= 15 is 0 Å². The molecule has 0 saturated heterocycles. The Morgan fingerprint density at radius 2 is 1.75 bits per heavy atom. The fourth-order valence-electron chi connectivity index (χ4n) is 2.05. The Hall–Kier alpha value is -2.55. The summed E-state index contributed by atoms with van der Waals surface area (Å²) in [4.78, 5) is 4.32. The summed E-state index contributed by atoms with van der Waals surface area (Å²) < 4.78 is 5.23. The summed E-state index contributed by atoms with van der Waals surface area (Å²) in [6.07, 6.45) is 1.68. The van der Waals surface area contributed by atoms with Crippen molar-refractivity contribution in [2.45, 2.75) is 13.5 Å². The minimum absolute atomic E-state index is 0.686. The highest BCUT2D eigenvalue weighted by atomic mass is 16.3. The van der Waals surface area contributed by atoms with E-state index < -0.39 is 0 Å². The largest absolute Gasteiger partial charge is 0.449 e. The zero-order valence-corrected chi connectivity index (χ0v) is 11.3. The van der Waals surface area contributed by atoms with Crippen molar-refractivity contribution in [3.8, 4) is 11.3 Å². The lowest BCUT2D eigenvalue weighted by molar-refractivity contribution is 0.521. The molecule has 0 amide bonds. The maximum Gasteiger partial charge on any atom is 0.191 e. The summed E-state index contributed by atoms with van der Waals surface area (Å²) in [5, 5.41) is 3.40. The number of nitrogens with one attached hydrogen (secondary N) is 1. The van der Waals surface area contributed by atoms with Crippen LogP contribution in [0.5, 0.6) is 0 Å². The van der Waals surface area contributed by atoms with E-state index in [4.69, 9.17) is 4.42 Å². The number of oxazole rings is 1. The quantitative estimate of drug-likeness (QED) is 0.765. The van der Waals surface area contributed by atoms with Crippen molar-refractivity contribution < 1.29 is 4.42 Å². The van der Waals surface area contributed by atoms with Crippen molar-refractivity contribution in [2.75, 3.05) is 5.32 Å². The lowest BCUT2D eigenvalue weighted by Crippen LogP contribution is -1.98. The van der Waals surface area contributed by atoms with E-state index in [0.717, 1.165) is 23.5 Å². The van der Waals surface area contributed by atoms with Crippen molar-refractivity contribution in [3.63, 3.8) is 0 Å². The van der Waals surface area contributed by atoms with Gasteiger partial charge in [0.2, 0.25) is 0 Å². The molecule has 3 heteroatoms. The second kappa shape index (κ2) is 5.61. The van der Waals surface area contributed by atoms with Crippen LogP contribution in [-0.2, 0) is 6.54 Å². The Morgan fingerprint density at radius 1 is 1.00 bits per heavy atom. The second-order valence-electron chi connectivity index (χ2n) is 4.67. The minimum atomic E-state index is 0.686. The molecule has 3 rings (SSSR count). The molecule has 0 aliphatic rings. The molecule has 0 saturated carbocycles. The molecule has 0 radical (unpaired) electrons. The Balaban J connectivity index is 1.67. The Morgan fingerprint density at radius 3 is 2.40 bits per heavy atom. The number of hydrogen-bond acceptors (Lipinski definition) is 3. The van der Waals surface area contributed by atoms with Gasteiger partial charge >= 0.3 is 0 Å². The Bertz CT molecular complexity index is 672. The first-order valence-electron chi connectivity index (χ1n) is 6.61. The van der Waals surface area contributed by atoms with Gasteiger partial charge in [0.25, 0.3) is 0 Å². The van der Waals surface area contributed by atoms with Crippen LogP contribution in [-0.4, -0.2) is 4.98 Å². The molecule has 3 nitrogen and oxygen atoms in total. The highest BCUT2D eigenvalue weighted by Gasteiger charge is 2.03. The summed E-state index contributed by atoms with van der Waals surface area (Å²) in [5.41, 5.74) is 4.30. The first kappa shape index (κ1) is 12.5. The van der Waals surface area contributed by atoms with Crippen LogP contribution < -0.4 is 5.32 Å². The van der Waals surface area contributed by atoms with Crippen LogP contribution in [0.2, 0.25) is 0 Å². The molecule has 20 heavy (non-hydrogen) atoms. The van der Waals surface area contributed by atoms with E-state index in [-0.39, 0.29) is 0 Å². The van der Waals surface area contributed by atoms with Crippen LogP contribution >= 0.6 is 0 Å². The third kappa shape index (κ3) is 2.88. The van der Waals surface area contributed by atoms with Gasteiger partial charge < -0.3 is 9.73 Å². The van der Waals surface area contributed by atoms with E-state index in [1.54, 1.807) is 6.26 Å². The van der Waals surface area contributed by atoms with Gasteiger partial charge in [-0.3, -0.25) is 0 Å². The Labute approximate surface area is 118 Å². The average Bonchev–Trinajstić information content (AvgIpc) is 2.93. The van der Waals surface area contributed by atoms with E-state index in [1.165, 1.54) is 5.56 Å². The Kier molecular flexibility index (Phi) is 3.50. The van der Waals surface area contributed by atoms with Crippen molar-refractivity contribution >= 4 is 5.69 Å². The predicted molar refractivity (Wildman–Crippen MR) is 80.4 cm³/mol. The molecule has 0 unspecified atom stereocenters. The van der Waals surface area contributed by atoms with Crippen molar-refractivity contribution in [3.05, 3.63) is 72.3 Å². The molecular weight excluding hydrogens is 248 g/mol. The molecule has 0 atom stereocenters. The summed E-state index contributed by atoms with van der Waals surface area (Å²) in [5.74, 6) is 0.686. The zero-order chi connectivity index (χ0) is 13.8. The van der Waals surface area contributed by atoms with Crippen LogP contribution in [0.15, 0.2) is 65.3 Å². The number of aromatic nitrogens is 1. The molecular formula is C17H16N2O. The maximum absolute atomic E-state index is 5.23. The molecule has 2 aromatic carbocycles. The number of aryl methyl sites for hydroxylation is 1. The van der Waals surface area contributed by atoms with E-state index in [1.807, 2.05) is 37.3 Å². The van der Waals surface area contributed by atoms with Gasteiger partial charge in [-0.2, -0.15) is 0 Å². The first-order chi connectivity index (χ1) is 9.81. The first-order valence-corrected chi connectivity index (χ1v) is 6.61. The van der Waals surface area contributed by atoms with Crippen LogP contribution in [0.4, 0.5) is 5.69 Å². The number of nitrogens with zero attached hydrogens (tertiary/aromatic N) is 1. The summed E-state index contributed by atoms with van der Waals surface area (Å²) in [6.45, 7) is 2.67. The highest BCUT2D eigenvalue weighted by Crippen LogP contribution is 2.21. The third-order valence-electron chi connectivity index (χ3n) is 3.14. The van der Waals surface area contributed by atoms with Crippen LogP contribution in [0.1, 0.15) is 11.5 Å². The third-order valence-corrected chi connectivity index (χ3v) is 3.14. The second-order valence-corrected chi connectivity index (χ2v) is 4.67. The molecule has 1 N–H and O–H groups in total. The SMILES string of the molecule is Cc1nc(-c2ccc(NCc3ccccc3)cc2)co1. The lowest BCUT2D eigenvalue weighted by atomic mass is 10.1. The van der Waals surface area contributed by atoms with Gasteiger partial charge in [0.05, 0.1) is 0 Å². The van der Waals surface area contributed by atoms with Crippen LogP contribution in [0.3, 0.4) is 0 Å². The number of anilines is 1. The maximum atomic E-state index is 5.23. The van der Waals surface area contributed by atoms with Gasteiger partial charge in [0, 0.05) is 24.7 Å². The number of hydrogen-bond donors (Lipinski definition) is 1. The fraction of sp³-hybridized carbons (Fsp3) is 0.118. The van der Waals surface area contributed by atoms with Crippen LogP contribution in [0, 0.1) is 6.92 Å². The topological polar surface area (TPSA) is 38.1 Å². The zero-order valence-electron chi connectivity index (χ0n) is 11.3. The molecule has 0 aliphatic carbocycles.